The normalized spacial score (nSPS) is 18.7. The monoisotopic (exact) mass is 422 g/mol. The number of ether oxygens (including phenoxy) is 1. The molecule has 0 saturated carbocycles. The van der Waals surface area contributed by atoms with Crippen LogP contribution in [-0.2, 0) is 20.5 Å². The van der Waals surface area contributed by atoms with Crippen molar-refractivity contribution in [2.45, 2.75) is 51.0 Å². The lowest BCUT2D eigenvalue weighted by Gasteiger charge is -2.34. The van der Waals surface area contributed by atoms with Gasteiger partial charge in [-0.25, -0.2) is 17.9 Å². The summed E-state index contributed by atoms with van der Waals surface area (Å²) in [6.07, 6.45) is 0.949. The molecule has 9 heteroatoms. The van der Waals surface area contributed by atoms with Gasteiger partial charge in [0.1, 0.15) is 5.60 Å². The summed E-state index contributed by atoms with van der Waals surface area (Å²) < 4.78 is 32.9. The summed E-state index contributed by atoms with van der Waals surface area (Å²) in [6, 6.07) is 4.39. The highest BCUT2D eigenvalue weighted by atomic mass is 35.5. The molecule has 1 amide bonds. The molecular formula is C17H24Cl2N2O4S. The number of benzene rings is 1. The highest BCUT2D eigenvalue weighted by molar-refractivity contribution is 7.88. The van der Waals surface area contributed by atoms with Crippen LogP contribution in [0.5, 0.6) is 0 Å². The number of carbonyl (C=O) groups excluding carboxylic acids is 1. The molecule has 1 N–H and O–H groups in total. The molecule has 1 saturated heterocycles. The van der Waals surface area contributed by atoms with Crippen molar-refractivity contribution in [3.8, 4) is 0 Å². The Kier molecular flexibility index (Phi) is 6.82. The van der Waals surface area contributed by atoms with Crippen molar-refractivity contribution in [3.63, 3.8) is 0 Å². The van der Waals surface area contributed by atoms with Crippen molar-refractivity contribution in [2.24, 2.45) is 0 Å². The Morgan fingerprint density at radius 2 is 2.00 bits per heavy atom. The molecule has 1 aliphatic rings. The van der Waals surface area contributed by atoms with Gasteiger partial charge in [-0.3, -0.25) is 0 Å². The van der Waals surface area contributed by atoms with E-state index in [4.69, 9.17) is 27.9 Å². The van der Waals surface area contributed by atoms with E-state index in [-0.39, 0.29) is 18.3 Å². The zero-order chi connectivity index (χ0) is 19.5. The van der Waals surface area contributed by atoms with Crippen LogP contribution in [0, 0.1) is 0 Å². The first-order valence-corrected chi connectivity index (χ1v) is 10.8. The smallest absolute Gasteiger partial charge is 0.410 e. The highest BCUT2D eigenvalue weighted by Crippen LogP contribution is 2.23. The number of carbonyl (C=O) groups is 1. The number of rotatable bonds is 4. The number of piperidine rings is 1. The summed E-state index contributed by atoms with van der Waals surface area (Å²) in [5, 5.41) is 0.689. The van der Waals surface area contributed by atoms with Gasteiger partial charge < -0.3 is 9.64 Å². The van der Waals surface area contributed by atoms with E-state index in [1.54, 1.807) is 37.8 Å². The van der Waals surface area contributed by atoms with E-state index < -0.39 is 21.7 Å². The van der Waals surface area contributed by atoms with Crippen LogP contribution in [-0.4, -0.2) is 44.1 Å². The molecule has 0 aromatic heterocycles. The molecule has 26 heavy (non-hydrogen) atoms. The molecule has 1 atom stereocenters. The molecule has 2 rings (SSSR count). The van der Waals surface area contributed by atoms with E-state index in [2.05, 4.69) is 4.72 Å². The number of hydrogen-bond acceptors (Lipinski definition) is 4. The topological polar surface area (TPSA) is 75.7 Å². The Hall–Kier alpha value is -1.02. The first kappa shape index (κ1) is 21.3. The standard InChI is InChI=1S/C17H24Cl2N2O4S/c1-17(2,3)25-16(22)21-8-4-5-13(10-21)20-26(23,24)11-12-6-7-14(18)15(19)9-12/h6-7,9,13,20H,4-5,8,10-11H2,1-3H3/t13-/m1/s1. The summed E-state index contributed by atoms with van der Waals surface area (Å²) in [7, 11) is -3.58. The molecule has 0 aliphatic carbocycles. The molecule has 6 nitrogen and oxygen atoms in total. The fourth-order valence-corrected chi connectivity index (χ4v) is 4.43. The average molecular weight is 423 g/mol. The predicted molar refractivity (Wildman–Crippen MR) is 103 cm³/mol. The van der Waals surface area contributed by atoms with Crippen LogP contribution in [0.2, 0.25) is 10.0 Å². The molecule has 0 radical (unpaired) electrons. The molecular weight excluding hydrogens is 399 g/mol. The maximum Gasteiger partial charge on any atom is 0.410 e. The zero-order valence-electron chi connectivity index (χ0n) is 15.1. The van der Waals surface area contributed by atoms with E-state index >= 15 is 0 Å². The van der Waals surface area contributed by atoms with E-state index in [0.717, 1.165) is 0 Å². The van der Waals surface area contributed by atoms with Crippen molar-refractivity contribution >= 4 is 39.3 Å². The SMILES string of the molecule is CC(C)(C)OC(=O)N1CCC[C@@H](NS(=O)(=O)Cc2ccc(Cl)c(Cl)c2)C1. The Labute approximate surface area is 164 Å². The molecule has 1 heterocycles. The van der Waals surface area contributed by atoms with E-state index in [9.17, 15) is 13.2 Å². The van der Waals surface area contributed by atoms with Crippen LogP contribution in [0.3, 0.4) is 0 Å². The summed E-state index contributed by atoms with van der Waals surface area (Å²) in [6.45, 7) is 6.24. The minimum absolute atomic E-state index is 0.202. The number of sulfonamides is 1. The van der Waals surface area contributed by atoms with Gasteiger partial charge in [-0.2, -0.15) is 0 Å². The quantitative estimate of drug-likeness (QED) is 0.799. The van der Waals surface area contributed by atoms with Crippen molar-refractivity contribution in [1.29, 1.82) is 0 Å². The zero-order valence-corrected chi connectivity index (χ0v) is 17.4. The summed E-state index contributed by atoms with van der Waals surface area (Å²) in [5.74, 6) is -0.202. The lowest BCUT2D eigenvalue weighted by atomic mass is 10.1. The fourth-order valence-electron chi connectivity index (χ4n) is 2.71. The predicted octanol–water partition coefficient (Wildman–Crippen LogP) is 3.81. The molecule has 1 aromatic rings. The minimum Gasteiger partial charge on any atom is -0.444 e. The molecule has 1 fully saturated rings. The van der Waals surface area contributed by atoms with Gasteiger partial charge in [0.2, 0.25) is 10.0 Å². The molecule has 0 spiro atoms. The second kappa shape index (κ2) is 8.33. The lowest BCUT2D eigenvalue weighted by molar-refractivity contribution is 0.0195. The molecule has 0 unspecified atom stereocenters. The molecule has 0 bridgehead atoms. The third kappa shape index (κ3) is 6.61. The largest absolute Gasteiger partial charge is 0.444 e. The van der Waals surface area contributed by atoms with Crippen LogP contribution >= 0.6 is 23.2 Å². The number of nitrogens with zero attached hydrogens (tertiary/aromatic N) is 1. The molecule has 1 aromatic carbocycles. The Morgan fingerprint density at radius 3 is 2.62 bits per heavy atom. The number of amides is 1. The van der Waals surface area contributed by atoms with Gasteiger partial charge in [-0.1, -0.05) is 29.3 Å². The second-order valence-electron chi connectivity index (χ2n) is 7.39. The average Bonchev–Trinajstić information content (AvgIpc) is 2.49. The van der Waals surface area contributed by atoms with Crippen LogP contribution in [0.15, 0.2) is 18.2 Å². The van der Waals surface area contributed by atoms with Crippen molar-refractivity contribution < 1.29 is 17.9 Å². The molecule has 146 valence electrons. The summed E-state index contributed by atoms with van der Waals surface area (Å²) >= 11 is 11.8. The van der Waals surface area contributed by atoms with E-state index in [0.29, 0.717) is 35.0 Å². The van der Waals surface area contributed by atoms with Gasteiger partial charge >= 0.3 is 6.09 Å². The van der Waals surface area contributed by atoms with Gasteiger partial charge in [0, 0.05) is 19.1 Å². The van der Waals surface area contributed by atoms with Gasteiger partial charge in [0.15, 0.2) is 0 Å². The van der Waals surface area contributed by atoms with Crippen molar-refractivity contribution in [3.05, 3.63) is 33.8 Å². The van der Waals surface area contributed by atoms with Gasteiger partial charge in [-0.15, -0.1) is 0 Å². The Balaban J connectivity index is 1.97. The van der Waals surface area contributed by atoms with Crippen LogP contribution in [0.25, 0.3) is 0 Å². The summed E-state index contributed by atoms with van der Waals surface area (Å²) in [5.41, 5.74) is -0.0381. The van der Waals surface area contributed by atoms with E-state index in [1.807, 2.05) is 0 Å². The Bertz CT molecular complexity index is 763. The Morgan fingerprint density at radius 1 is 1.31 bits per heavy atom. The van der Waals surface area contributed by atoms with Gasteiger partial charge in [0.25, 0.3) is 0 Å². The first-order valence-electron chi connectivity index (χ1n) is 8.37. The number of likely N-dealkylation sites (tertiary alicyclic amines) is 1. The third-order valence-electron chi connectivity index (χ3n) is 3.76. The van der Waals surface area contributed by atoms with Crippen molar-refractivity contribution in [2.75, 3.05) is 13.1 Å². The van der Waals surface area contributed by atoms with E-state index in [1.165, 1.54) is 6.07 Å². The van der Waals surface area contributed by atoms with Crippen LogP contribution in [0.4, 0.5) is 4.79 Å². The molecule has 1 aliphatic heterocycles. The van der Waals surface area contributed by atoms with Gasteiger partial charge in [0.05, 0.1) is 15.8 Å². The fraction of sp³-hybridized carbons (Fsp3) is 0.588. The lowest BCUT2D eigenvalue weighted by Crippen LogP contribution is -2.50. The number of halogens is 2. The van der Waals surface area contributed by atoms with Crippen LogP contribution < -0.4 is 4.72 Å². The first-order chi connectivity index (χ1) is 12.0. The van der Waals surface area contributed by atoms with Crippen molar-refractivity contribution in [1.82, 2.24) is 9.62 Å². The second-order valence-corrected chi connectivity index (χ2v) is 9.96. The number of hydrogen-bond donors (Lipinski definition) is 1. The minimum atomic E-state index is -3.58. The third-order valence-corrected chi connectivity index (χ3v) is 5.90. The van der Waals surface area contributed by atoms with Gasteiger partial charge in [-0.05, 0) is 51.3 Å². The number of nitrogens with one attached hydrogen (secondary N) is 1. The maximum absolute atomic E-state index is 12.4. The summed E-state index contributed by atoms with van der Waals surface area (Å²) in [4.78, 5) is 13.7. The highest BCUT2D eigenvalue weighted by Gasteiger charge is 2.29. The maximum atomic E-state index is 12.4. The van der Waals surface area contributed by atoms with Crippen LogP contribution in [0.1, 0.15) is 39.2 Å².